The quantitative estimate of drug-likeness (QED) is 0.678. The molecular weight excluding hydrogens is 409 g/mol. The molecule has 3 aromatic rings. The molecule has 0 radical (unpaired) electrons. The summed E-state index contributed by atoms with van der Waals surface area (Å²) in [7, 11) is 0. The van der Waals surface area contributed by atoms with Gasteiger partial charge in [-0.15, -0.1) is 5.10 Å². The summed E-state index contributed by atoms with van der Waals surface area (Å²) in [6.45, 7) is 5.64. The highest BCUT2D eigenvalue weighted by molar-refractivity contribution is 6.34. The van der Waals surface area contributed by atoms with Crippen molar-refractivity contribution < 1.29 is 18.0 Å². The molecule has 3 heterocycles. The fraction of sp³-hybridized carbons (Fsp3) is 0.222. The molecular formula is C18H14ClF3N6O. The number of halogens is 4. The number of fused-ring (bicyclic) bond motifs is 1. The van der Waals surface area contributed by atoms with E-state index in [1.54, 1.807) is 23.9 Å². The topological polar surface area (TPSA) is 79.7 Å². The van der Waals surface area contributed by atoms with Crippen LogP contribution in [0.2, 0.25) is 5.02 Å². The zero-order chi connectivity index (χ0) is 20.9. The zero-order valence-electron chi connectivity index (χ0n) is 15.0. The Labute approximate surface area is 167 Å². The van der Waals surface area contributed by atoms with Crippen LogP contribution < -0.4 is 0 Å². The highest BCUT2D eigenvalue weighted by Crippen LogP contribution is 2.39. The first-order valence-electron chi connectivity index (χ1n) is 8.51. The number of alkyl halides is 3. The van der Waals surface area contributed by atoms with Crippen LogP contribution in [0.1, 0.15) is 40.3 Å². The van der Waals surface area contributed by atoms with Gasteiger partial charge in [-0.3, -0.25) is 9.89 Å². The van der Waals surface area contributed by atoms with Gasteiger partial charge in [-0.1, -0.05) is 29.5 Å². The van der Waals surface area contributed by atoms with Gasteiger partial charge < -0.3 is 4.90 Å². The van der Waals surface area contributed by atoms with Gasteiger partial charge in [0.15, 0.2) is 5.82 Å². The number of hydrogen-bond donors (Lipinski definition) is 1. The SMILES string of the molecule is C=C1Cc2c(nnn2-c2ccn[nH]2)[C@@H](C)N1C(=O)c1cccc(C(F)(F)F)c1Cl. The average molecular weight is 423 g/mol. The lowest BCUT2D eigenvalue weighted by atomic mass is 9.99. The van der Waals surface area contributed by atoms with Crippen molar-refractivity contribution in [2.45, 2.75) is 25.6 Å². The van der Waals surface area contributed by atoms with E-state index in [1.165, 1.54) is 11.0 Å². The summed E-state index contributed by atoms with van der Waals surface area (Å²) in [5, 5.41) is 14.3. The first kappa shape index (κ1) is 19.2. The van der Waals surface area contributed by atoms with Crippen LogP contribution in [0.4, 0.5) is 13.2 Å². The molecule has 0 aliphatic carbocycles. The maximum Gasteiger partial charge on any atom is 0.417 e. The molecule has 1 aliphatic heterocycles. The number of aromatic amines is 1. The van der Waals surface area contributed by atoms with Gasteiger partial charge in [0.2, 0.25) is 0 Å². The molecule has 0 fully saturated rings. The second kappa shape index (κ2) is 6.73. The number of benzene rings is 1. The van der Waals surface area contributed by atoms with E-state index in [1.807, 2.05) is 0 Å². The third-order valence-electron chi connectivity index (χ3n) is 4.76. The molecule has 7 nitrogen and oxygen atoms in total. The zero-order valence-corrected chi connectivity index (χ0v) is 15.8. The van der Waals surface area contributed by atoms with Gasteiger partial charge in [0, 0.05) is 18.2 Å². The second-order valence-corrected chi connectivity index (χ2v) is 6.91. The summed E-state index contributed by atoms with van der Waals surface area (Å²) in [6.07, 6.45) is -2.87. The number of nitrogens with one attached hydrogen (secondary N) is 1. The fourth-order valence-electron chi connectivity index (χ4n) is 3.40. The summed E-state index contributed by atoms with van der Waals surface area (Å²) in [5.74, 6) is -0.0835. The largest absolute Gasteiger partial charge is 0.417 e. The minimum absolute atomic E-state index is 0.230. The number of carbonyl (C=O) groups excluding carboxylic acids is 1. The van der Waals surface area contributed by atoms with Crippen molar-refractivity contribution in [2.24, 2.45) is 0 Å². The predicted molar refractivity (Wildman–Crippen MR) is 97.4 cm³/mol. The molecule has 0 unspecified atom stereocenters. The minimum Gasteiger partial charge on any atom is -0.303 e. The molecule has 1 atom stereocenters. The van der Waals surface area contributed by atoms with Crippen molar-refractivity contribution in [3.8, 4) is 5.82 Å². The van der Waals surface area contributed by atoms with Crippen molar-refractivity contribution in [3.05, 3.63) is 70.3 Å². The Morgan fingerprint density at radius 2 is 2.10 bits per heavy atom. The van der Waals surface area contributed by atoms with E-state index >= 15 is 0 Å². The summed E-state index contributed by atoms with van der Waals surface area (Å²) in [6, 6.07) is 4.36. The summed E-state index contributed by atoms with van der Waals surface area (Å²) < 4.78 is 41.1. The second-order valence-electron chi connectivity index (χ2n) is 6.53. The third kappa shape index (κ3) is 3.09. The third-order valence-corrected chi connectivity index (χ3v) is 5.16. The molecule has 4 rings (SSSR count). The number of allylic oxidation sites excluding steroid dienone is 1. The van der Waals surface area contributed by atoms with Gasteiger partial charge in [-0.25, -0.2) is 0 Å². The molecule has 1 aliphatic rings. The maximum absolute atomic E-state index is 13.2. The Kier molecular flexibility index (Phi) is 4.45. The summed E-state index contributed by atoms with van der Waals surface area (Å²) >= 11 is 5.93. The standard InChI is InChI=1S/C18H14ClF3N6O/c1-9-8-13-16(25-26-28(13)14-6-7-23-24-14)10(2)27(9)17(29)11-4-3-5-12(15(11)19)18(20,21)22/h3-7,10H,1,8H2,2H3,(H,23,24)/t10-/m1/s1. The lowest BCUT2D eigenvalue weighted by Gasteiger charge is -2.34. The molecule has 150 valence electrons. The highest BCUT2D eigenvalue weighted by Gasteiger charge is 2.39. The number of hydrogen-bond acceptors (Lipinski definition) is 4. The Hall–Kier alpha value is -3.14. The first-order chi connectivity index (χ1) is 13.7. The van der Waals surface area contributed by atoms with Crippen LogP contribution in [0.25, 0.3) is 5.82 Å². The average Bonchev–Trinajstić information content (AvgIpc) is 3.30. The van der Waals surface area contributed by atoms with E-state index in [0.29, 0.717) is 22.9 Å². The van der Waals surface area contributed by atoms with Gasteiger partial charge in [0.1, 0.15) is 5.69 Å². The Bertz CT molecular complexity index is 1110. The maximum atomic E-state index is 13.2. The first-order valence-corrected chi connectivity index (χ1v) is 8.89. The van der Waals surface area contributed by atoms with Crippen molar-refractivity contribution in [1.29, 1.82) is 0 Å². The fourth-order valence-corrected chi connectivity index (χ4v) is 3.72. The van der Waals surface area contributed by atoms with Crippen LogP contribution in [-0.2, 0) is 12.6 Å². The molecule has 11 heteroatoms. The lowest BCUT2D eigenvalue weighted by molar-refractivity contribution is -0.137. The predicted octanol–water partition coefficient (Wildman–Crippen LogP) is 3.94. The number of aromatic nitrogens is 5. The van der Waals surface area contributed by atoms with Crippen molar-refractivity contribution in [3.63, 3.8) is 0 Å². The molecule has 0 saturated carbocycles. The van der Waals surface area contributed by atoms with E-state index in [9.17, 15) is 18.0 Å². The number of nitrogens with zero attached hydrogens (tertiary/aromatic N) is 5. The number of carbonyl (C=O) groups is 1. The smallest absolute Gasteiger partial charge is 0.303 e. The van der Waals surface area contributed by atoms with Gasteiger partial charge in [-0.05, 0) is 19.1 Å². The Balaban J connectivity index is 1.73. The molecule has 1 aromatic carbocycles. The van der Waals surface area contributed by atoms with Crippen LogP contribution in [-0.4, -0.2) is 36.0 Å². The van der Waals surface area contributed by atoms with E-state index in [4.69, 9.17) is 11.6 Å². The van der Waals surface area contributed by atoms with Crippen LogP contribution in [0.3, 0.4) is 0 Å². The molecule has 0 bridgehead atoms. The van der Waals surface area contributed by atoms with Crippen LogP contribution >= 0.6 is 11.6 Å². The van der Waals surface area contributed by atoms with E-state index in [0.717, 1.165) is 12.1 Å². The van der Waals surface area contributed by atoms with Crippen molar-refractivity contribution in [1.82, 2.24) is 30.1 Å². The van der Waals surface area contributed by atoms with Crippen molar-refractivity contribution >= 4 is 17.5 Å². The highest BCUT2D eigenvalue weighted by atomic mass is 35.5. The van der Waals surface area contributed by atoms with Crippen LogP contribution in [0.15, 0.2) is 42.7 Å². The number of H-pyrrole nitrogens is 1. The Morgan fingerprint density at radius 3 is 2.76 bits per heavy atom. The van der Waals surface area contributed by atoms with Crippen LogP contribution in [0, 0.1) is 0 Å². The minimum atomic E-state index is -4.67. The molecule has 0 saturated heterocycles. The molecule has 1 N–H and O–H groups in total. The Morgan fingerprint density at radius 1 is 1.34 bits per heavy atom. The van der Waals surface area contributed by atoms with E-state index in [2.05, 4.69) is 27.1 Å². The van der Waals surface area contributed by atoms with Gasteiger partial charge in [-0.2, -0.15) is 23.0 Å². The normalized spacial score (nSPS) is 16.8. The van der Waals surface area contributed by atoms with Crippen LogP contribution in [0.5, 0.6) is 0 Å². The van der Waals surface area contributed by atoms with Gasteiger partial charge in [0.25, 0.3) is 5.91 Å². The monoisotopic (exact) mass is 422 g/mol. The van der Waals surface area contributed by atoms with Crippen molar-refractivity contribution in [2.75, 3.05) is 0 Å². The molecule has 1 amide bonds. The molecule has 29 heavy (non-hydrogen) atoms. The van der Waals surface area contributed by atoms with Gasteiger partial charge in [0.05, 0.1) is 34.1 Å². The van der Waals surface area contributed by atoms with Gasteiger partial charge >= 0.3 is 6.18 Å². The van der Waals surface area contributed by atoms with E-state index in [-0.39, 0.29) is 12.0 Å². The number of rotatable bonds is 2. The van der Waals surface area contributed by atoms with E-state index < -0.39 is 28.7 Å². The summed E-state index contributed by atoms with van der Waals surface area (Å²) in [5.41, 5.74) is 0.311. The molecule has 2 aromatic heterocycles. The number of amides is 1. The summed E-state index contributed by atoms with van der Waals surface area (Å²) in [4.78, 5) is 14.4. The molecule has 0 spiro atoms. The lowest BCUT2D eigenvalue weighted by Crippen LogP contribution is -2.37.